The van der Waals surface area contributed by atoms with E-state index < -0.39 is 0 Å². The summed E-state index contributed by atoms with van der Waals surface area (Å²) < 4.78 is 1.66. The fraction of sp³-hybridized carbons (Fsp3) is 0.267. The van der Waals surface area contributed by atoms with Crippen molar-refractivity contribution < 1.29 is 9.59 Å². The van der Waals surface area contributed by atoms with Gasteiger partial charge >= 0.3 is 0 Å². The predicted octanol–water partition coefficient (Wildman–Crippen LogP) is 1.71. The molecule has 2 amide bonds. The lowest BCUT2D eigenvalue weighted by atomic mass is 9.90. The van der Waals surface area contributed by atoms with Crippen LogP contribution in [0.2, 0.25) is 0 Å². The van der Waals surface area contributed by atoms with Crippen LogP contribution in [0.5, 0.6) is 0 Å². The van der Waals surface area contributed by atoms with Gasteiger partial charge in [0.15, 0.2) is 0 Å². The van der Waals surface area contributed by atoms with E-state index in [9.17, 15) is 9.59 Å². The minimum absolute atomic E-state index is 0.167. The van der Waals surface area contributed by atoms with Crippen LogP contribution in [-0.2, 0) is 18.4 Å². The summed E-state index contributed by atoms with van der Waals surface area (Å²) in [5.74, 6) is -0.707. The van der Waals surface area contributed by atoms with E-state index in [1.807, 2.05) is 31.2 Å². The van der Waals surface area contributed by atoms with Gasteiger partial charge in [-0.2, -0.15) is 5.10 Å². The van der Waals surface area contributed by atoms with Gasteiger partial charge in [-0.25, -0.2) is 0 Å². The first-order valence-corrected chi connectivity index (χ1v) is 6.51. The number of carbonyl (C=O) groups excluding carboxylic acids is 2. The molecule has 0 spiro atoms. The lowest BCUT2D eigenvalue weighted by molar-refractivity contribution is -0.130. The van der Waals surface area contributed by atoms with Crippen LogP contribution in [0.3, 0.4) is 0 Å². The Balaban J connectivity index is 1.97. The molecule has 0 saturated heterocycles. The number of rotatable bonds is 2. The van der Waals surface area contributed by atoms with Crippen molar-refractivity contribution in [2.24, 2.45) is 7.05 Å². The van der Waals surface area contributed by atoms with Crippen LogP contribution < -0.4 is 0 Å². The standard InChI is InChI=1S/C15H15N3O2/c1-10-12-5-3-4-6-13(12)15(20)18(14(10)19)9-11-7-8-17(2)16-11/h3-8,10H,9H2,1-2H3. The SMILES string of the molecule is CC1C(=O)N(Cc2ccn(C)n2)C(=O)c2ccccc21. The van der Waals surface area contributed by atoms with E-state index in [-0.39, 0.29) is 24.3 Å². The van der Waals surface area contributed by atoms with E-state index in [1.54, 1.807) is 24.0 Å². The molecule has 1 unspecified atom stereocenters. The van der Waals surface area contributed by atoms with Crippen molar-refractivity contribution in [2.75, 3.05) is 0 Å². The Morgan fingerprint density at radius 1 is 1.20 bits per heavy atom. The normalized spacial score (nSPS) is 18.3. The number of amides is 2. The van der Waals surface area contributed by atoms with Crippen LogP contribution in [-0.4, -0.2) is 26.5 Å². The lowest BCUT2D eigenvalue weighted by Crippen LogP contribution is -2.43. The molecule has 0 N–H and O–H groups in total. The highest BCUT2D eigenvalue weighted by Crippen LogP contribution is 2.29. The van der Waals surface area contributed by atoms with Crippen molar-refractivity contribution in [3.05, 3.63) is 53.3 Å². The number of nitrogens with zero attached hydrogens (tertiary/aromatic N) is 3. The molecule has 1 atom stereocenters. The molecular weight excluding hydrogens is 254 g/mol. The van der Waals surface area contributed by atoms with Crippen LogP contribution in [0.15, 0.2) is 36.5 Å². The van der Waals surface area contributed by atoms with Crippen LogP contribution in [0.1, 0.15) is 34.5 Å². The monoisotopic (exact) mass is 269 g/mol. The summed E-state index contributed by atoms with van der Waals surface area (Å²) in [4.78, 5) is 26.1. The summed E-state index contributed by atoms with van der Waals surface area (Å²) in [7, 11) is 1.81. The Bertz CT molecular complexity index is 690. The summed E-state index contributed by atoms with van der Waals surface area (Å²) in [6.07, 6.45) is 1.80. The maximum absolute atomic E-state index is 12.5. The summed E-state index contributed by atoms with van der Waals surface area (Å²) in [5.41, 5.74) is 2.12. The predicted molar refractivity (Wildman–Crippen MR) is 72.9 cm³/mol. The molecule has 1 aromatic carbocycles. The van der Waals surface area contributed by atoms with Crippen molar-refractivity contribution in [1.29, 1.82) is 0 Å². The van der Waals surface area contributed by atoms with Crippen molar-refractivity contribution >= 4 is 11.8 Å². The summed E-state index contributed by atoms with van der Waals surface area (Å²) in [5, 5.41) is 4.23. The Kier molecular flexibility index (Phi) is 2.89. The molecule has 3 rings (SSSR count). The molecule has 5 heteroatoms. The van der Waals surface area contributed by atoms with E-state index >= 15 is 0 Å². The number of hydrogen-bond donors (Lipinski definition) is 0. The second-order valence-electron chi connectivity index (χ2n) is 5.02. The Morgan fingerprint density at radius 2 is 1.95 bits per heavy atom. The first-order valence-electron chi connectivity index (χ1n) is 6.51. The number of benzene rings is 1. The number of hydrogen-bond acceptors (Lipinski definition) is 3. The van der Waals surface area contributed by atoms with Gasteiger partial charge in [-0.1, -0.05) is 18.2 Å². The molecule has 102 valence electrons. The molecule has 2 aromatic rings. The van der Waals surface area contributed by atoms with Crippen molar-refractivity contribution in [3.63, 3.8) is 0 Å². The number of fused-ring (bicyclic) bond motifs is 1. The summed E-state index contributed by atoms with van der Waals surface area (Å²) in [6, 6.07) is 9.09. The second kappa shape index (κ2) is 4.59. The molecule has 0 fully saturated rings. The molecule has 0 bridgehead atoms. The molecule has 0 saturated carbocycles. The van der Waals surface area contributed by atoms with Crippen molar-refractivity contribution in [2.45, 2.75) is 19.4 Å². The van der Waals surface area contributed by atoms with E-state index in [0.717, 1.165) is 5.56 Å². The second-order valence-corrected chi connectivity index (χ2v) is 5.02. The number of imide groups is 1. The van der Waals surface area contributed by atoms with Crippen LogP contribution in [0.25, 0.3) is 0 Å². The molecular formula is C15H15N3O2. The smallest absolute Gasteiger partial charge is 0.261 e. The highest BCUT2D eigenvalue weighted by atomic mass is 16.2. The first-order chi connectivity index (χ1) is 9.58. The number of aromatic nitrogens is 2. The molecule has 0 radical (unpaired) electrons. The van der Waals surface area contributed by atoms with E-state index in [1.165, 1.54) is 4.90 Å². The minimum Gasteiger partial charge on any atom is -0.275 e. The maximum atomic E-state index is 12.5. The van der Waals surface area contributed by atoms with Gasteiger partial charge in [0.05, 0.1) is 18.2 Å². The van der Waals surface area contributed by atoms with Gasteiger partial charge < -0.3 is 0 Å². The fourth-order valence-electron chi connectivity index (χ4n) is 2.54. The molecule has 0 aliphatic carbocycles. The molecule has 1 aliphatic heterocycles. The third-order valence-electron chi connectivity index (χ3n) is 3.63. The highest BCUT2D eigenvalue weighted by Gasteiger charge is 2.36. The van der Waals surface area contributed by atoms with E-state index in [4.69, 9.17) is 0 Å². The summed E-state index contributed by atoms with van der Waals surface area (Å²) in [6.45, 7) is 2.05. The molecule has 1 aromatic heterocycles. The van der Waals surface area contributed by atoms with E-state index in [0.29, 0.717) is 11.3 Å². The summed E-state index contributed by atoms with van der Waals surface area (Å²) >= 11 is 0. The molecule has 20 heavy (non-hydrogen) atoms. The minimum atomic E-state index is -0.299. The maximum Gasteiger partial charge on any atom is 0.261 e. The zero-order valence-corrected chi connectivity index (χ0v) is 11.4. The van der Waals surface area contributed by atoms with Gasteiger partial charge in [-0.3, -0.25) is 19.2 Å². The third-order valence-corrected chi connectivity index (χ3v) is 3.63. The molecule has 5 nitrogen and oxygen atoms in total. The van der Waals surface area contributed by atoms with Gasteiger partial charge in [-0.15, -0.1) is 0 Å². The Labute approximate surface area is 116 Å². The Hall–Kier alpha value is -2.43. The average Bonchev–Trinajstić information content (AvgIpc) is 2.86. The van der Waals surface area contributed by atoms with Gasteiger partial charge in [0.25, 0.3) is 5.91 Å². The molecule has 2 heterocycles. The van der Waals surface area contributed by atoms with Crippen LogP contribution >= 0.6 is 0 Å². The number of carbonyl (C=O) groups is 2. The van der Waals surface area contributed by atoms with Crippen LogP contribution in [0.4, 0.5) is 0 Å². The quantitative estimate of drug-likeness (QED) is 0.780. The topological polar surface area (TPSA) is 55.2 Å². The number of aryl methyl sites for hydroxylation is 1. The van der Waals surface area contributed by atoms with Crippen molar-refractivity contribution in [1.82, 2.24) is 14.7 Å². The van der Waals surface area contributed by atoms with Gasteiger partial charge in [0.1, 0.15) is 0 Å². The van der Waals surface area contributed by atoms with Crippen LogP contribution in [0, 0.1) is 0 Å². The molecule has 1 aliphatic rings. The average molecular weight is 269 g/mol. The van der Waals surface area contributed by atoms with Gasteiger partial charge in [-0.05, 0) is 24.6 Å². The highest BCUT2D eigenvalue weighted by molar-refractivity contribution is 6.11. The van der Waals surface area contributed by atoms with E-state index in [2.05, 4.69) is 5.10 Å². The largest absolute Gasteiger partial charge is 0.275 e. The third kappa shape index (κ3) is 1.91. The fourth-order valence-corrected chi connectivity index (χ4v) is 2.54. The zero-order valence-electron chi connectivity index (χ0n) is 11.4. The van der Waals surface area contributed by atoms with Gasteiger partial charge in [0.2, 0.25) is 5.91 Å². The van der Waals surface area contributed by atoms with Gasteiger partial charge in [0, 0.05) is 18.8 Å². The van der Waals surface area contributed by atoms with Crippen molar-refractivity contribution in [3.8, 4) is 0 Å². The lowest BCUT2D eigenvalue weighted by Gasteiger charge is -2.30. The first kappa shape index (κ1) is 12.6. The Morgan fingerprint density at radius 3 is 2.65 bits per heavy atom. The zero-order chi connectivity index (χ0) is 14.3.